The van der Waals surface area contributed by atoms with Crippen molar-refractivity contribution in [3.63, 3.8) is 0 Å². The standard InChI is InChI=1S/C9H11N3/c1-7-4-6-11-9-8(12-7)3-2-5-10-9/h2-3,5-7,12H,4H2,1H3. The summed E-state index contributed by atoms with van der Waals surface area (Å²) in [6, 6.07) is 4.36. The molecule has 1 aliphatic heterocycles. The molecule has 0 radical (unpaired) electrons. The minimum atomic E-state index is 0.444. The Kier molecular flexibility index (Phi) is 1.78. The van der Waals surface area contributed by atoms with Crippen LogP contribution in [0.15, 0.2) is 23.3 Å². The highest BCUT2D eigenvalue weighted by atomic mass is 15.0. The number of hydrogen-bond donors (Lipinski definition) is 1. The van der Waals surface area contributed by atoms with E-state index in [0.29, 0.717) is 6.04 Å². The molecule has 0 bridgehead atoms. The second kappa shape index (κ2) is 2.93. The summed E-state index contributed by atoms with van der Waals surface area (Å²) in [4.78, 5) is 8.39. The molecule has 1 unspecified atom stereocenters. The minimum absolute atomic E-state index is 0.444. The molecule has 1 aromatic rings. The van der Waals surface area contributed by atoms with Gasteiger partial charge < -0.3 is 5.32 Å². The van der Waals surface area contributed by atoms with Crippen molar-refractivity contribution < 1.29 is 0 Å². The van der Waals surface area contributed by atoms with Crippen LogP contribution in [0.5, 0.6) is 0 Å². The van der Waals surface area contributed by atoms with E-state index in [4.69, 9.17) is 0 Å². The average Bonchev–Trinajstić information content (AvgIpc) is 2.25. The van der Waals surface area contributed by atoms with E-state index in [1.54, 1.807) is 6.20 Å². The van der Waals surface area contributed by atoms with Crippen LogP contribution >= 0.6 is 0 Å². The molecule has 3 nitrogen and oxygen atoms in total. The summed E-state index contributed by atoms with van der Waals surface area (Å²) >= 11 is 0. The molecule has 2 rings (SSSR count). The second-order valence-electron chi connectivity index (χ2n) is 2.97. The minimum Gasteiger partial charge on any atom is -0.379 e. The first kappa shape index (κ1) is 7.28. The SMILES string of the molecule is CC1CC=Nc2ncccc2N1. The van der Waals surface area contributed by atoms with Crippen LogP contribution in [0.2, 0.25) is 0 Å². The number of nitrogens with zero attached hydrogens (tertiary/aromatic N) is 2. The Balaban J connectivity index is 2.41. The molecule has 1 N–H and O–H groups in total. The zero-order valence-electron chi connectivity index (χ0n) is 6.99. The Hall–Kier alpha value is -1.38. The Morgan fingerprint density at radius 3 is 3.42 bits per heavy atom. The first-order valence-electron chi connectivity index (χ1n) is 4.10. The van der Waals surface area contributed by atoms with Crippen LogP contribution < -0.4 is 5.32 Å². The van der Waals surface area contributed by atoms with Gasteiger partial charge in [-0.05, 0) is 19.1 Å². The second-order valence-corrected chi connectivity index (χ2v) is 2.97. The predicted octanol–water partition coefficient (Wildman–Crippen LogP) is 1.99. The maximum atomic E-state index is 4.24. The summed E-state index contributed by atoms with van der Waals surface area (Å²) in [5.74, 6) is 0.793. The van der Waals surface area contributed by atoms with Crippen molar-refractivity contribution in [3.8, 4) is 0 Å². The zero-order valence-corrected chi connectivity index (χ0v) is 6.99. The maximum Gasteiger partial charge on any atom is 0.175 e. The molecule has 12 heavy (non-hydrogen) atoms. The van der Waals surface area contributed by atoms with Crippen LogP contribution in [0.25, 0.3) is 0 Å². The monoisotopic (exact) mass is 161 g/mol. The molecule has 62 valence electrons. The molecule has 0 spiro atoms. The average molecular weight is 161 g/mol. The molecule has 1 atom stereocenters. The Bertz CT molecular complexity index is 306. The van der Waals surface area contributed by atoms with E-state index in [1.807, 2.05) is 18.3 Å². The fourth-order valence-corrected chi connectivity index (χ4v) is 1.23. The molecule has 0 saturated heterocycles. The van der Waals surface area contributed by atoms with Crippen LogP contribution in [0, 0.1) is 0 Å². The number of nitrogens with one attached hydrogen (secondary N) is 1. The van der Waals surface area contributed by atoms with Crippen LogP contribution in [0.4, 0.5) is 11.5 Å². The molecule has 3 heteroatoms. The van der Waals surface area contributed by atoms with E-state index in [9.17, 15) is 0 Å². The summed E-state index contributed by atoms with van der Waals surface area (Å²) in [5, 5.41) is 3.33. The molecule has 0 aromatic carbocycles. The zero-order chi connectivity index (χ0) is 8.39. The molecule has 0 fully saturated rings. The van der Waals surface area contributed by atoms with Gasteiger partial charge in [-0.15, -0.1) is 0 Å². The lowest BCUT2D eigenvalue weighted by atomic mass is 10.2. The lowest BCUT2D eigenvalue weighted by Crippen LogP contribution is -2.13. The van der Waals surface area contributed by atoms with Gasteiger partial charge in [0.2, 0.25) is 0 Å². The highest BCUT2D eigenvalue weighted by Gasteiger charge is 2.08. The van der Waals surface area contributed by atoms with Gasteiger partial charge in [0.05, 0.1) is 5.69 Å². The van der Waals surface area contributed by atoms with Gasteiger partial charge in [0.15, 0.2) is 5.82 Å². The van der Waals surface area contributed by atoms with E-state index in [1.165, 1.54) is 0 Å². The van der Waals surface area contributed by atoms with E-state index < -0.39 is 0 Å². The van der Waals surface area contributed by atoms with E-state index in [-0.39, 0.29) is 0 Å². The Morgan fingerprint density at radius 2 is 2.50 bits per heavy atom. The summed E-state index contributed by atoms with van der Waals surface area (Å²) in [5.41, 5.74) is 1.03. The van der Waals surface area contributed by atoms with Crippen LogP contribution in [-0.2, 0) is 0 Å². The summed E-state index contributed by atoms with van der Waals surface area (Å²) in [6.45, 7) is 2.13. The fourth-order valence-electron chi connectivity index (χ4n) is 1.23. The van der Waals surface area contributed by atoms with Crippen LogP contribution in [-0.4, -0.2) is 17.2 Å². The van der Waals surface area contributed by atoms with E-state index in [2.05, 4.69) is 22.2 Å². The lowest BCUT2D eigenvalue weighted by molar-refractivity contribution is 0.851. The van der Waals surface area contributed by atoms with Crippen molar-refractivity contribution in [1.82, 2.24) is 4.98 Å². The largest absolute Gasteiger partial charge is 0.379 e. The normalized spacial score (nSPS) is 20.9. The molecule has 1 aromatic heterocycles. The van der Waals surface area contributed by atoms with Crippen molar-refractivity contribution in [2.75, 3.05) is 5.32 Å². The fraction of sp³-hybridized carbons (Fsp3) is 0.333. The van der Waals surface area contributed by atoms with Crippen molar-refractivity contribution in [2.24, 2.45) is 4.99 Å². The van der Waals surface area contributed by atoms with Crippen molar-refractivity contribution in [1.29, 1.82) is 0 Å². The van der Waals surface area contributed by atoms with Crippen LogP contribution in [0.1, 0.15) is 13.3 Å². The third kappa shape index (κ3) is 1.30. The summed E-state index contributed by atoms with van der Waals surface area (Å²) in [6.07, 6.45) is 4.63. The van der Waals surface area contributed by atoms with Gasteiger partial charge in [-0.2, -0.15) is 0 Å². The van der Waals surface area contributed by atoms with Crippen molar-refractivity contribution >= 4 is 17.7 Å². The number of rotatable bonds is 0. The number of aliphatic imine (C=N–C) groups is 1. The van der Waals surface area contributed by atoms with Gasteiger partial charge in [0.1, 0.15) is 0 Å². The van der Waals surface area contributed by atoms with Gasteiger partial charge >= 0.3 is 0 Å². The van der Waals surface area contributed by atoms with E-state index in [0.717, 1.165) is 17.9 Å². The van der Waals surface area contributed by atoms with Gasteiger partial charge in [-0.3, -0.25) is 0 Å². The number of hydrogen-bond acceptors (Lipinski definition) is 3. The Morgan fingerprint density at radius 1 is 1.58 bits per heavy atom. The number of pyridine rings is 1. The van der Waals surface area contributed by atoms with E-state index >= 15 is 0 Å². The van der Waals surface area contributed by atoms with Gasteiger partial charge in [-0.1, -0.05) is 0 Å². The Labute approximate surface area is 71.6 Å². The van der Waals surface area contributed by atoms with Crippen molar-refractivity contribution in [3.05, 3.63) is 18.3 Å². The van der Waals surface area contributed by atoms with Gasteiger partial charge in [-0.25, -0.2) is 9.98 Å². The molecule has 0 saturated carbocycles. The quantitative estimate of drug-likeness (QED) is 0.631. The molecule has 0 amide bonds. The first-order chi connectivity index (χ1) is 5.86. The highest BCUT2D eigenvalue weighted by molar-refractivity contribution is 5.72. The summed E-state index contributed by atoms with van der Waals surface area (Å²) < 4.78 is 0. The van der Waals surface area contributed by atoms with Crippen molar-refractivity contribution in [2.45, 2.75) is 19.4 Å². The first-order valence-corrected chi connectivity index (χ1v) is 4.10. The smallest absolute Gasteiger partial charge is 0.175 e. The third-order valence-corrected chi connectivity index (χ3v) is 1.86. The third-order valence-electron chi connectivity index (χ3n) is 1.86. The summed E-state index contributed by atoms with van der Waals surface area (Å²) in [7, 11) is 0. The highest BCUT2D eigenvalue weighted by Crippen LogP contribution is 2.23. The predicted molar refractivity (Wildman–Crippen MR) is 50.1 cm³/mol. The van der Waals surface area contributed by atoms with Gasteiger partial charge in [0, 0.05) is 24.9 Å². The molecule has 2 heterocycles. The topological polar surface area (TPSA) is 37.3 Å². The number of fused-ring (bicyclic) bond motifs is 1. The lowest BCUT2D eigenvalue weighted by Gasteiger charge is -2.10. The maximum absolute atomic E-state index is 4.24. The van der Waals surface area contributed by atoms with Crippen LogP contribution in [0.3, 0.4) is 0 Å². The van der Waals surface area contributed by atoms with Gasteiger partial charge in [0.25, 0.3) is 0 Å². The number of aromatic nitrogens is 1. The molecule has 0 aliphatic carbocycles. The molecular formula is C9H11N3. The molecular weight excluding hydrogens is 150 g/mol. The number of anilines is 1. The molecule has 1 aliphatic rings.